The van der Waals surface area contributed by atoms with Gasteiger partial charge in [-0.3, -0.25) is 9.78 Å². The molecule has 0 fully saturated rings. The first kappa shape index (κ1) is 14.3. The molecule has 0 atom stereocenters. The van der Waals surface area contributed by atoms with Gasteiger partial charge in [0.2, 0.25) is 5.95 Å². The third kappa shape index (κ3) is 2.47. The zero-order valence-corrected chi connectivity index (χ0v) is 12.5. The van der Waals surface area contributed by atoms with E-state index in [1.807, 2.05) is 17.0 Å². The molecule has 0 aliphatic carbocycles. The maximum absolute atomic E-state index is 12.1. The van der Waals surface area contributed by atoms with Crippen molar-refractivity contribution in [2.24, 2.45) is 0 Å². The zero-order chi connectivity index (χ0) is 15.7. The fraction of sp³-hybridized carbons (Fsp3) is 0.312. The Morgan fingerprint density at radius 1 is 1.45 bits per heavy atom. The minimum Gasteiger partial charge on any atom is -0.462 e. The Bertz CT molecular complexity index is 782. The minimum atomic E-state index is -0.653. The zero-order valence-electron chi connectivity index (χ0n) is 12.5. The Labute approximate surface area is 127 Å². The van der Waals surface area contributed by atoms with Crippen LogP contribution in [0.5, 0.6) is 0 Å². The van der Waals surface area contributed by atoms with Crippen LogP contribution in [-0.4, -0.2) is 29.1 Å². The number of nitrogens with one attached hydrogen (secondary N) is 1. The molecule has 1 aliphatic rings. The number of fused-ring (bicyclic) bond motifs is 1. The third-order valence-corrected chi connectivity index (χ3v) is 3.67. The number of benzene rings is 1. The van der Waals surface area contributed by atoms with Gasteiger partial charge in [-0.05, 0) is 31.9 Å². The van der Waals surface area contributed by atoms with E-state index >= 15 is 0 Å². The summed E-state index contributed by atoms with van der Waals surface area (Å²) >= 11 is 0. The number of ether oxygens (including phenoxy) is 1. The number of hydrogen-bond donors (Lipinski definition) is 1. The number of carbonyl (C=O) groups is 1. The van der Waals surface area contributed by atoms with Gasteiger partial charge in [-0.15, -0.1) is 0 Å². The van der Waals surface area contributed by atoms with Crippen LogP contribution in [0.3, 0.4) is 0 Å². The molecule has 114 valence electrons. The van der Waals surface area contributed by atoms with Crippen LogP contribution in [0.1, 0.15) is 28.4 Å². The van der Waals surface area contributed by atoms with E-state index in [9.17, 15) is 9.59 Å². The Kier molecular flexibility index (Phi) is 3.66. The van der Waals surface area contributed by atoms with E-state index in [1.54, 1.807) is 6.92 Å². The molecule has 3 rings (SSSR count). The molecule has 0 radical (unpaired) electrons. The molecule has 0 unspecified atom stereocenters. The van der Waals surface area contributed by atoms with Crippen LogP contribution in [0.4, 0.5) is 11.6 Å². The summed E-state index contributed by atoms with van der Waals surface area (Å²) < 4.78 is 4.83. The molecule has 2 heterocycles. The standard InChI is InChI=1S/C16H17N3O3/c1-3-22-15(21)12-9-17-16(18-14(12)20)19-7-6-11-8-10(2)4-5-13(11)19/h4-5,8-9H,3,6-7H2,1-2H3,(H,17,18,20). The predicted octanol–water partition coefficient (Wildman–Crippen LogP) is 1.95. The van der Waals surface area contributed by atoms with E-state index in [4.69, 9.17) is 4.74 Å². The summed E-state index contributed by atoms with van der Waals surface area (Å²) in [7, 11) is 0. The molecule has 0 amide bonds. The number of rotatable bonds is 3. The lowest BCUT2D eigenvalue weighted by molar-refractivity contribution is 0.0524. The summed E-state index contributed by atoms with van der Waals surface area (Å²) in [6.45, 7) is 4.72. The molecule has 22 heavy (non-hydrogen) atoms. The third-order valence-electron chi connectivity index (χ3n) is 3.67. The highest BCUT2D eigenvalue weighted by molar-refractivity contribution is 5.88. The molecule has 6 nitrogen and oxygen atoms in total. The van der Waals surface area contributed by atoms with Gasteiger partial charge in [0.25, 0.3) is 5.56 Å². The lowest BCUT2D eigenvalue weighted by Crippen LogP contribution is -2.25. The summed E-state index contributed by atoms with van der Waals surface area (Å²) in [5.74, 6) is -0.208. The molecule has 0 bridgehead atoms. The van der Waals surface area contributed by atoms with Crippen LogP contribution in [0.2, 0.25) is 0 Å². The average Bonchev–Trinajstić information content (AvgIpc) is 2.90. The van der Waals surface area contributed by atoms with Crippen LogP contribution in [0.15, 0.2) is 29.2 Å². The smallest absolute Gasteiger partial charge is 0.345 e. The second kappa shape index (κ2) is 5.63. The number of carbonyl (C=O) groups excluding carboxylic acids is 1. The molecular weight excluding hydrogens is 282 g/mol. The number of hydrogen-bond acceptors (Lipinski definition) is 5. The molecule has 1 aliphatic heterocycles. The van der Waals surface area contributed by atoms with Crippen molar-refractivity contribution in [3.63, 3.8) is 0 Å². The van der Waals surface area contributed by atoms with Crippen molar-refractivity contribution in [2.45, 2.75) is 20.3 Å². The number of esters is 1. The van der Waals surface area contributed by atoms with Gasteiger partial charge < -0.3 is 9.64 Å². The Morgan fingerprint density at radius 2 is 2.27 bits per heavy atom. The highest BCUT2D eigenvalue weighted by atomic mass is 16.5. The van der Waals surface area contributed by atoms with Gasteiger partial charge in [0.15, 0.2) is 0 Å². The van der Waals surface area contributed by atoms with Crippen molar-refractivity contribution in [3.05, 3.63) is 51.4 Å². The van der Waals surface area contributed by atoms with Gasteiger partial charge in [-0.25, -0.2) is 9.78 Å². The molecule has 0 spiro atoms. The predicted molar refractivity (Wildman–Crippen MR) is 82.7 cm³/mol. The monoisotopic (exact) mass is 299 g/mol. The molecule has 6 heteroatoms. The number of anilines is 2. The van der Waals surface area contributed by atoms with Gasteiger partial charge in [-0.2, -0.15) is 0 Å². The van der Waals surface area contributed by atoms with Crippen LogP contribution in [0, 0.1) is 6.92 Å². The van der Waals surface area contributed by atoms with E-state index in [0.29, 0.717) is 5.95 Å². The van der Waals surface area contributed by atoms with Gasteiger partial charge in [0.1, 0.15) is 5.56 Å². The van der Waals surface area contributed by atoms with Crippen molar-refractivity contribution in [1.82, 2.24) is 9.97 Å². The second-order valence-corrected chi connectivity index (χ2v) is 5.20. The first-order valence-electron chi connectivity index (χ1n) is 7.23. The highest BCUT2D eigenvalue weighted by Gasteiger charge is 2.23. The molecule has 1 aromatic carbocycles. The number of aromatic nitrogens is 2. The summed E-state index contributed by atoms with van der Waals surface area (Å²) in [5, 5.41) is 0. The van der Waals surface area contributed by atoms with Gasteiger partial charge in [0.05, 0.1) is 12.8 Å². The van der Waals surface area contributed by atoms with Crippen LogP contribution in [0.25, 0.3) is 0 Å². The lowest BCUT2D eigenvalue weighted by atomic mass is 10.1. The lowest BCUT2D eigenvalue weighted by Gasteiger charge is -2.17. The normalized spacial score (nSPS) is 13.1. The molecule has 2 aromatic rings. The van der Waals surface area contributed by atoms with Crippen molar-refractivity contribution in [2.75, 3.05) is 18.1 Å². The van der Waals surface area contributed by atoms with E-state index in [2.05, 4.69) is 23.0 Å². The first-order chi connectivity index (χ1) is 10.6. The van der Waals surface area contributed by atoms with Crippen LogP contribution < -0.4 is 10.5 Å². The van der Waals surface area contributed by atoms with Crippen LogP contribution >= 0.6 is 0 Å². The van der Waals surface area contributed by atoms with Crippen molar-refractivity contribution in [1.29, 1.82) is 0 Å². The Balaban J connectivity index is 1.94. The largest absolute Gasteiger partial charge is 0.462 e. The second-order valence-electron chi connectivity index (χ2n) is 5.20. The van der Waals surface area contributed by atoms with Gasteiger partial charge in [0, 0.05) is 12.2 Å². The molecular formula is C16H17N3O3. The molecule has 0 saturated heterocycles. The summed E-state index contributed by atoms with van der Waals surface area (Å²) in [5.41, 5.74) is 2.92. The molecule has 1 aromatic heterocycles. The van der Waals surface area contributed by atoms with Crippen molar-refractivity contribution < 1.29 is 9.53 Å². The highest BCUT2D eigenvalue weighted by Crippen LogP contribution is 2.32. The maximum atomic E-state index is 12.1. The van der Waals surface area contributed by atoms with Gasteiger partial charge >= 0.3 is 5.97 Å². The quantitative estimate of drug-likeness (QED) is 0.877. The maximum Gasteiger partial charge on any atom is 0.345 e. The number of H-pyrrole nitrogens is 1. The topological polar surface area (TPSA) is 75.3 Å². The van der Waals surface area contributed by atoms with Crippen molar-refractivity contribution in [3.8, 4) is 0 Å². The minimum absolute atomic E-state index is 0.0751. The SMILES string of the molecule is CCOC(=O)c1cnc(N2CCc3cc(C)ccc32)[nH]c1=O. The molecule has 1 N–H and O–H groups in total. The summed E-state index contributed by atoms with van der Waals surface area (Å²) in [6.07, 6.45) is 2.18. The fourth-order valence-corrected chi connectivity index (χ4v) is 2.63. The number of nitrogens with zero attached hydrogens (tertiary/aromatic N) is 2. The Morgan fingerprint density at radius 3 is 3.00 bits per heavy atom. The van der Waals surface area contributed by atoms with Crippen LogP contribution in [-0.2, 0) is 11.2 Å². The average molecular weight is 299 g/mol. The van der Waals surface area contributed by atoms with Crippen molar-refractivity contribution >= 4 is 17.6 Å². The number of aromatic amines is 1. The molecule has 0 saturated carbocycles. The first-order valence-corrected chi connectivity index (χ1v) is 7.23. The summed E-state index contributed by atoms with van der Waals surface area (Å²) in [6, 6.07) is 6.19. The number of aryl methyl sites for hydroxylation is 1. The van der Waals surface area contributed by atoms with E-state index in [-0.39, 0.29) is 12.2 Å². The summed E-state index contributed by atoms with van der Waals surface area (Å²) in [4.78, 5) is 32.5. The fourth-order valence-electron chi connectivity index (χ4n) is 2.63. The Hall–Kier alpha value is -2.63. The van der Waals surface area contributed by atoms with Gasteiger partial charge in [-0.1, -0.05) is 17.7 Å². The van der Waals surface area contributed by atoms with E-state index < -0.39 is 11.5 Å². The van der Waals surface area contributed by atoms with E-state index in [1.165, 1.54) is 17.3 Å². The van der Waals surface area contributed by atoms with E-state index in [0.717, 1.165) is 18.7 Å².